The minimum atomic E-state index is -0.00189. The zero-order valence-electron chi connectivity index (χ0n) is 18.4. The van der Waals surface area contributed by atoms with E-state index >= 15 is 0 Å². The second-order valence-electron chi connectivity index (χ2n) is 9.00. The molecular weight excluding hydrogens is 370 g/mol. The molecule has 4 heteroatoms. The summed E-state index contributed by atoms with van der Waals surface area (Å²) in [6.45, 7) is 9.38. The van der Waals surface area contributed by atoms with Crippen LogP contribution in [-0.2, 0) is 11.2 Å². The van der Waals surface area contributed by atoms with Gasteiger partial charge in [-0.1, -0.05) is 37.6 Å². The SMILES string of the molecule is Cc1ccc2[nH]cc(CCN3CCC(c4cccc(NC(=O)C(C)C)c4)CC3)c2c1. The lowest BCUT2D eigenvalue weighted by Crippen LogP contribution is -2.34. The van der Waals surface area contributed by atoms with Crippen LogP contribution in [-0.4, -0.2) is 35.4 Å². The Morgan fingerprint density at radius 2 is 1.97 bits per heavy atom. The molecule has 1 fully saturated rings. The number of likely N-dealkylation sites (tertiary alicyclic amines) is 1. The molecule has 1 aliphatic heterocycles. The number of fused-ring (bicyclic) bond motifs is 1. The van der Waals surface area contributed by atoms with Gasteiger partial charge in [-0.05, 0) is 80.6 Å². The molecule has 0 radical (unpaired) electrons. The van der Waals surface area contributed by atoms with Gasteiger partial charge < -0.3 is 15.2 Å². The number of nitrogens with zero attached hydrogens (tertiary/aromatic N) is 1. The van der Waals surface area contributed by atoms with Crippen molar-refractivity contribution in [2.45, 2.75) is 46.0 Å². The Morgan fingerprint density at radius 3 is 2.73 bits per heavy atom. The van der Waals surface area contributed by atoms with Crippen molar-refractivity contribution in [1.82, 2.24) is 9.88 Å². The number of hydrogen-bond acceptors (Lipinski definition) is 2. The highest BCUT2D eigenvalue weighted by molar-refractivity contribution is 5.92. The van der Waals surface area contributed by atoms with Crippen LogP contribution in [0.2, 0.25) is 0 Å². The number of aromatic amines is 1. The molecule has 4 rings (SSSR count). The summed E-state index contributed by atoms with van der Waals surface area (Å²) in [4.78, 5) is 18.0. The van der Waals surface area contributed by atoms with Gasteiger partial charge in [0.15, 0.2) is 0 Å². The van der Waals surface area contributed by atoms with Crippen LogP contribution in [0, 0.1) is 12.8 Å². The van der Waals surface area contributed by atoms with Gasteiger partial charge in [0, 0.05) is 35.2 Å². The van der Waals surface area contributed by atoms with E-state index in [1.165, 1.54) is 40.4 Å². The van der Waals surface area contributed by atoms with Crippen molar-refractivity contribution in [3.8, 4) is 0 Å². The number of anilines is 1. The van der Waals surface area contributed by atoms with Gasteiger partial charge in [0.25, 0.3) is 0 Å². The Hall–Kier alpha value is -2.59. The lowest BCUT2D eigenvalue weighted by molar-refractivity contribution is -0.118. The third-order valence-electron chi connectivity index (χ3n) is 6.36. The number of carbonyl (C=O) groups excluding carboxylic acids is 1. The fraction of sp³-hybridized carbons (Fsp3) is 0.423. The quantitative estimate of drug-likeness (QED) is 0.571. The average molecular weight is 404 g/mol. The van der Waals surface area contributed by atoms with Crippen LogP contribution in [0.3, 0.4) is 0 Å². The molecule has 0 bridgehead atoms. The number of nitrogens with one attached hydrogen (secondary N) is 2. The maximum absolute atomic E-state index is 12.0. The highest BCUT2D eigenvalue weighted by Crippen LogP contribution is 2.30. The first-order valence-corrected chi connectivity index (χ1v) is 11.2. The van der Waals surface area contributed by atoms with Gasteiger partial charge in [-0.2, -0.15) is 0 Å². The molecular formula is C26H33N3O. The fourth-order valence-corrected chi connectivity index (χ4v) is 4.42. The minimum absolute atomic E-state index is 0.00189. The van der Waals surface area contributed by atoms with E-state index in [-0.39, 0.29) is 11.8 Å². The number of aromatic nitrogens is 1. The average Bonchev–Trinajstić information content (AvgIpc) is 3.15. The summed E-state index contributed by atoms with van der Waals surface area (Å²) in [5.41, 5.74) is 6.24. The first-order chi connectivity index (χ1) is 14.5. The van der Waals surface area contributed by atoms with E-state index in [1.807, 2.05) is 19.9 Å². The van der Waals surface area contributed by atoms with Crippen LogP contribution in [0.1, 0.15) is 49.3 Å². The van der Waals surface area contributed by atoms with E-state index in [0.29, 0.717) is 5.92 Å². The van der Waals surface area contributed by atoms with Gasteiger partial charge in [0.05, 0.1) is 0 Å². The number of carbonyl (C=O) groups is 1. The topological polar surface area (TPSA) is 48.1 Å². The summed E-state index contributed by atoms with van der Waals surface area (Å²) in [7, 11) is 0. The van der Waals surface area contributed by atoms with E-state index in [4.69, 9.17) is 0 Å². The first-order valence-electron chi connectivity index (χ1n) is 11.2. The van der Waals surface area contributed by atoms with E-state index in [1.54, 1.807) is 0 Å². The van der Waals surface area contributed by atoms with E-state index in [9.17, 15) is 4.79 Å². The first kappa shape index (κ1) is 20.7. The Balaban J connectivity index is 1.32. The molecule has 1 saturated heterocycles. The number of benzene rings is 2. The number of aryl methyl sites for hydroxylation is 1. The van der Waals surface area contributed by atoms with Crippen LogP contribution in [0.5, 0.6) is 0 Å². The highest BCUT2D eigenvalue weighted by Gasteiger charge is 2.21. The molecule has 1 aromatic heterocycles. The third-order valence-corrected chi connectivity index (χ3v) is 6.36. The lowest BCUT2D eigenvalue weighted by atomic mass is 9.89. The van der Waals surface area contributed by atoms with Crippen molar-refractivity contribution in [1.29, 1.82) is 0 Å². The number of hydrogen-bond donors (Lipinski definition) is 2. The zero-order chi connectivity index (χ0) is 21.1. The summed E-state index contributed by atoms with van der Waals surface area (Å²) in [5.74, 6) is 0.653. The maximum Gasteiger partial charge on any atom is 0.226 e. The summed E-state index contributed by atoms with van der Waals surface area (Å²) in [6, 6.07) is 15.1. The van der Waals surface area contributed by atoms with Crippen molar-refractivity contribution in [2.24, 2.45) is 5.92 Å². The summed E-state index contributed by atoms with van der Waals surface area (Å²) >= 11 is 0. The summed E-state index contributed by atoms with van der Waals surface area (Å²) in [6.07, 6.45) is 5.61. The van der Waals surface area contributed by atoms with Crippen LogP contribution in [0.15, 0.2) is 48.7 Å². The molecule has 0 spiro atoms. The summed E-state index contributed by atoms with van der Waals surface area (Å²) in [5, 5.41) is 4.40. The van der Waals surface area contributed by atoms with Gasteiger partial charge in [-0.15, -0.1) is 0 Å². The third kappa shape index (κ3) is 4.76. The highest BCUT2D eigenvalue weighted by atomic mass is 16.1. The van der Waals surface area contributed by atoms with E-state index in [2.05, 4.69) is 64.7 Å². The second kappa shape index (κ2) is 9.05. The number of piperidine rings is 1. The molecule has 4 nitrogen and oxygen atoms in total. The molecule has 30 heavy (non-hydrogen) atoms. The van der Waals surface area contributed by atoms with Crippen LogP contribution >= 0.6 is 0 Å². The smallest absolute Gasteiger partial charge is 0.226 e. The molecule has 0 aliphatic carbocycles. The largest absolute Gasteiger partial charge is 0.361 e. The lowest BCUT2D eigenvalue weighted by Gasteiger charge is -2.32. The van der Waals surface area contributed by atoms with Gasteiger partial charge in [0.1, 0.15) is 0 Å². The number of amides is 1. The van der Waals surface area contributed by atoms with Gasteiger partial charge in [-0.25, -0.2) is 0 Å². The van der Waals surface area contributed by atoms with Gasteiger partial charge >= 0.3 is 0 Å². The standard InChI is InChI=1S/C26H33N3O/c1-18(2)26(30)28-23-6-4-5-21(16-23)20-9-12-29(13-10-20)14-11-22-17-27-25-8-7-19(3)15-24(22)25/h4-8,15-18,20,27H,9-14H2,1-3H3,(H,28,30). The van der Waals surface area contributed by atoms with Crippen molar-refractivity contribution in [3.63, 3.8) is 0 Å². The van der Waals surface area contributed by atoms with E-state index < -0.39 is 0 Å². The molecule has 2 heterocycles. The predicted octanol–water partition coefficient (Wildman–Crippen LogP) is 5.49. The van der Waals surface area contributed by atoms with Crippen LogP contribution in [0.25, 0.3) is 10.9 Å². The van der Waals surface area contributed by atoms with Crippen LogP contribution in [0.4, 0.5) is 5.69 Å². The second-order valence-corrected chi connectivity index (χ2v) is 9.00. The molecule has 2 aromatic carbocycles. The monoisotopic (exact) mass is 403 g/mol. The molecule has 1 aliphatic rings. The molecule has 0 unspecified atom stereocenters. The normalized spacial score (nSPS) is 15.7. The Labute approximate surface area is 179 Å². The molecule has 0 saturated carbocycles. The number of rotatable bonds is 6. The van der Waals surface area contributed by atoms with Crippen molar-refractivity contribution < 1.29 is 4.79 Å². The molecule has 0 atom stereocenters. The Bertz CT molecular complexity index is 1010. The summed E-state index contributed by atoms with van der Waals surface area (Å²) < 4.78 is 0. The minimum Gasteiger partial charge on any atom is -0.361 e. The maximum atomic E-state index is 12.0. The Morgan fingerprint density at radius 1 is 1.17 bits per heavy atom. The van der Waals surface area contributed by atoms with Gasteiger partial charge in [-0.3, -0.25) is 4.79 Å². The molecule has 2 N–H and O–H groups in total. The Kier molecular flexibility index (Phi) is 6.24. The predicted molar refractivity (Wildman–Crippen MR) is 125 cm³/mol. The number of H-pyrrole nitrogens is 1. The van der Waals surface area contributed by atoms with Crippen molar-refractivity contribution in [3.05, 3.63) is 65.4 Å². The zero-order valence-corrected chi connectivity index (χ0v) is 18.4. The van der Waals surface area contributed by atoms with Crippen molar-refractivity contribution in [2.75, 3.05) is 25.0 Å². The molecule has 3 aromatic rings. The van der Waals surface area contributed by atoms with Gasteiger partial charge in [0.2, 0.25) is 5.91 Å². The van der Waals surface area contributed by atoms with Crippen molar-refractivity contribution >= 4 is 22.5 Å². The fourth-order valence-electron chi connectivity index (χ4n) is 4.42. The molecule has 158 valence electrons. The molecule has 1 amide bonds. The van der Waals surface area contributed by atoms with E-state index in [0.717, 1.165) is 31.7 Å². The van der Waals surface area contributed by atoms with Crippen LogP contribution < -0.4 is 5.32 Å².